The average molecular weight is 551 g/mol. The molecule has 40 heavy (non-hydrogen) atoms. The number of alkyl halides is 3. The van der Waals surface area contributed by atoms with E-state index in [-0.39, 0.29) is 29.3 Å². The van der Waals surface area contributed by atoms with Crippen LogP contribution < -0.4 is 11.1 Å². The Morgan fingerprint density at radius 3 is 2.42 bits per heavy atom. The lowest BCUT2D eigenvalue weighted by molar-refractivity contribution is -0.137. The van der Waals surface area contributed by atoms with Crippen LogP contribution in [0.3, 0.4) is 0 Å². The van der Waals surface area contributed by atoms with Gasteiger partial charge < -0.3 is 25.2 Å². The lowest BCUT2D eigenvalue weighted by atomic mass is 10.1. The third-order valence-electron chi connectivity index (χ3n) is 5.85. The van der Waals surface area contributed by atoms with Gasteiger partial charge in [-0.2, -0.15) is 18.2 Å². The summed E-state index contributed by atoms with van der Waals surface area (Å²) in [5.41, 5.74) is 5.57. The Balaban J connectivity index is 1.32. The molecule has 3 heterocycles. The summed E-state index contributed by atoms with van der Waals surface area (Å²) in [6, 6.07) is 13.6. The fourth-order valence-corrected chi connectivity index (χ4v) is 3.82. The Morgan fingerprint density at radius 1 is 1.02 bits per heavy atom. The first-order valence-corrected chi connectivity index (χ1v) is 11.7. The molecule has 0 fully saturated rings. The highest BCUT2D eigenvalue weighted by Gasteiger charge is 2.43. The standard InChI is InChI=1S/C26H20F3N7O4/c1-13-31-11-17(22(30)33-13)12-32-24(38)20(37)15-7-9-16(10-8-15)23-34-25(40-36-23)21-18(26(27,28)29)19(35-39-21)14-5-3-2-4-6-14/h2-11,20,37H,12H2,1H3,(H,32,38)(H2,30,31,33)/t20-/m1/s1. The number of rotatable bonds is 7. The summed E-state index contributed by atoms with van der Waals surface area (Å²) in [5, 5.41) is 20.4. The highest BCUT2D eigenvalue weighted by atomic mass is 19.4. The van der Waals surface area contributed by atoms with Gasteiger partial charge in [-0.05, 0) is 12.5 Å². The number of benzene rings is 2. The summed E-state index contributed by atoms with van der Waals surface area (Å²) in [6.45, 7) is 1.69. The van der Waals surface area contributed by atoms with Gasteiger partial charge in [-0.1, -0.05) is 64.9 Å². The highest BCUT2D eigenvalue weighted by Crippen LogP contribution is 2.43. The van der Waals surface area contributed by atoms with Gasteiger partial charge in [-0.15, -0.1) is 0 Å². The Bertz CT molecular complexity index is 1650. The van der Waals surface area contributed by atoms with Crippen molar-refractivity contribution in [2.24, 2.45) is 0 Å². The Kier molecular flexibility index (Phi) is 7.00. The minimum absolute atomic E-state index is 0.0132. The number of aliphatic hydroxyl groups excluding tert-OH is 1. The van der Waals surface area contributed by atoms with Crippen molar-refractivity contribution >= 4 is 11.7 Å². The summed E-state index contributed by atoms with van der Waals surface area (Å²) in [5.74, 6) is -1.25. The third kappa shape index (κ3) is 5.37. The first kappa shape index (κ1) is 26.5. The SMILES string of the molecule is Cc1ncc(CNC(=O)[C@H](O)c2ccc(-c3noc(-c4onc(-c5ccccc5)c4C(F)(F)F)n3)cc2)c(N)n1. The molecule has 0 saturated heterocycles. The number of nitrogen functional groups attached to an aromatic ring is 1. The quantitative estimate of drug-likeness (QED) is 0.268. The topological polar surface area (TPSA) is 166 Å². The van der Waals surface area contributed by atoms with E-state index in [0.29, 0.717) is 17.0 Å². The number of nitrogens with two attached hydrogens (primary N) is 1. The first-order chi connectivity index (χ1) is 19.1. The van der Waals surface area contributed by atoms with Crippen molar-refractivity contribution in [3.63, 3.8) is 0 Å². The molecule has 5 rings (SSSR count). The summed E-state index contributed by atoms with van der Waals surface area (Å²) in [4.78, 5) is 24.5. The monoisotopic (exact) mass is 551 g/mol. The summed E-state index contributed by atoms with van der Waals surface area (Å²) in [7, 11) is 0. The lowest BCUT2D eigenvalue weighted by Gasteiger charge is -2.12. The van der Waals surface area contributed by atoms with Crippen LogP contribution in [-0.2, 0) is 17.5 Å². The summed E-state index contributed by atoms with van der Waals surface area (Å²) >= 11 is 0. The van der Waals surface area contributed by atoms with Crippen molar-refractivity contribution in [1.82, 2.24) is 30.6 Å². The van der Waals surface area contributed by atoms with Crippen molar-refractivity contribution in [3.8, 4) is 34.3 Å². The van der Waals surface area contributed by atoms with Crippen molar-refractivity contribution < 1.29 is 32.1 Å². The number of hydrogen-bond donors (Lipinski definition) is 3. The molecule has 204 valence electrons. The van der Waals surface area contributed by atoms with Crippen molar-refractivity contribution in [1.29, 1.82) is 0 Å². The number of aryl methyl sites for hydroxylation is 1. The minimum Gasteiger partial charge on any atom is -0.383 e. The van der Waals surface area contributed by atoms with E-state index in [0.717, 1.165) is 0 Å². The van der Waals surface area contributed by atoms with Crippen molar-refractivity contribution in [2.75, 3.05) is 5.73 Å². The Morgan fingerprint density at radius 2 is 1.75 bits per heavy atom. The zero-order valence-electron chi connectivity index (χ0n) is 20.7. The normalized spacial score (nSPS) is 12.3. The maximum absolute atomic E-state index is 14.0. The van der Waals surface area contributed by atoms with E-state index < -0.39 is 41.1 Å². The van der Waals surface area contributed by atoms with Crippen molar-refractivity contribution in [2.45, 2.75) is 25.7 Å². The molecule has 1 amide bonds. The molecule has 0 unspecified atom stereocenters. The number of carbonyl (C=O) groups excluding carboxylic acids is 1. The number of nitrogens with zero attached hydrogens (tertiary/aromatic N) is 5. The van der Waals surface area contributed by atoms with Crippen LogP contribution in [0.4, 0.5) is 19.0 Å². The number of aliphatic hydroxyl groups is 1. The second-order valence-corrected chi connectivity index (χ2v) is 8.59. The number of carbonyl (C=O) groups is 1. The maximum atomic E-state index is 14.0. The van der Waals surface area contributed by atoms with E-state index in [1.54, 1.807) is 25.1 Å². The van der Waals surface area contributed by atoms with Gasteiger partial charge in [0.15, 0.2) is 6.10 Å². The molecular formula is C26H20F3N7O4. The molecule has 14 heteroatoms. The fourth-order valence-electron chi connectivity index (χ4n) is 3.82. The van der Waals surface area contributed by atoms with E-state index in [1.807, 2.05) is 0 Å². The van der Waals surface area contributed by atoms with E-state index in [1.165, 1.54) is 42.6 Å². The molecule has 4 N–H and O–H groups in total. The van der Waals surface area contributed by atoms with Crippen LogP contribution in [0, 0.1) is 6.92 Å². The largest absolute Gasteiger partial charge is 0.422 e. The number of anilines is 1. The van der Waals surface area contributed by atoms with Crippen LogP contribution in [0.15, 0.2) is 69.8 Å². The number of hydrogen-bond acceptors (Lipinski definition) is 10. The molecule has 0 aliphatic carbocycles. The smallest absolute Gasteiger partial charge is 0.383 e. The zero-order valence-corrected chi connectivity index (χ0v) is 20.7. The van der Waals surface area contributed by atoms with Crippen molar-refractivity contribution in [3.05, 3.63) is 83.3 Å². The van der Waals surface area contributed by atoms with Crippen LogP contribution in [0.1, 0.15) is 28.6 Å². The van der Waals surface area contributed by atoms with Gasteiger partial charge in [0.05, 0.1) is 0 Å². The van der Waals surface area contributed by atoms with Gasteiger partial charge in [0.2, 0.25) is 11.6 Å². The number of nitrogens with one attached hydrogen (secondary N) is 1. The van der Waals surface area contributed by atoms with Crippen LogP contribution in [0.5, 0.6) is 0 Å². The zero-order chi connectivity index (χ0) is 28.4. The molecule has 0 spiro atoms. The second-order valence-electron chi connectivity index (χ2n) is 8.59. The van der Waals surface area contributed by atoms with Crippen LogP contribution in [0.2, 0.25) is 0 Å². The van der Waals surface area contributed by atoms with Crippen LogP contribution in [-0.4, -0.2) is 36.3 Å². The van der Waals surface area contributed by atoms with Gasteiger partial charge in [0, 0.05) is 29.4 Å². The summed E-state index contributed by atoms with van der Waals surface area (Å²) in [6.07, 6.45) is -4.84. The molecule has 3 aromatic heterocycles. The maximum Gasteiger partial charge on any atom is 0.422 e. The number of aromatic nitrogens is 5. The number of halogens is 3. The molecular weight excluding hydrogens is 531 g/mol. The van der Waals surface area contributed by atoms with Gasteiger partial charge in [-0.3, -0.25) is 4.79 Å². The Labute approximate surface area is 223 Å². The molecule has 0 bridgehead atoms. The molecule has 11 nitrogen and oxygen atoms in total. The van der Waals surface area contributed by atoms with E-state index in [4.69, 9.17) is 14.8 Å². The van der Waals surface area contributed by atoms with Gasteiger partial charge in [0.1, 0.15) is 22.9 Å². The molecule has 2 aromatic carbocycles. The van der Waals surface area contributed by atoms with Gasteiger partial charge >= 0.3 is 6.18 Å². The van der Waals surface area contributed by atoms with Crippen LogP contribution in [0.25, 0.3) is 34.3 Å². The second kappa shape index (κ2) is 10.6. The molecule has 0 aliphatic rings. The van der Waals surface area contributed by atoms with Gasteiger partial charge in [0.25, 0.3) is 11.8 Å². The Hall–Kier alpha value is -5.11. The van der Waals surface area contributed by atoms with E-state index in [9.17, 15) is 23.1 Å². The molecule has 0 radical (unpaired) electrons. The number of amides is 1. The molecule has 0 aliphatic heterocycles. The predicted octanol–water partition coefficient (Wildman–Crippen LogP) is 4.11. The van der Waals surface area contributed by atoms with E-state index in [2.05, 4.69) is 30.6 Å². The minimum atomic E-state index is -4.81. The average Bonchev–Trinajstić information content (AvgIpc) is 3.60. The third-order valence-corrected chi connectivity index (χ3v) is 5.85. The van der Waals surface area contributed by atoms with Gasteiger partial charge in [-0.25, -0.2) is 9.97 Å². The highest BCUT2D eigenvalue weighted by molar-refractivity contribution is 5.82. The molecule has 1 atom stereocenters. The molecule has 5 aromatic rings. The lowest BCUT2D eigenvalue weighted by Crippen LogP contribution is -2.29. The van der Waals surface area contributed by atoms with E-state index >= 15 is 0 Å². The molecule has 0 saturated carbocycles. The first-order valence-electron chi connectivity index (χ1n) is 11.7. The fraction of sp³-hybridized carbons (Fsp3) is 0.154. The van der Waals surface area contributed by atoms with Crippen LogP contribution >= 0.6 is 0 Å². The predicted molar refractivity (Wildman–Crippen MR) is 134 cm³/mol. The summed E-state index contributed by atoms with van der Waals surface area (Å²) < 4.78 is 51.9.